The predicted octanol–water partition coefficient (Wildman–Crippen LogP) is 3.50. The molecule has 0 saturated heterocycles. The minimum Gasteiger partial charge on any atom is -0.492 e. The van der Waals surface area contributed by atoms with E-state index in [1.165, 1.54) is 16.7 Å². The Balaban J connectivity index is 2.72. The summed E-state index contributed by atoms with van der Waals surface area (Å²) >= 11 is 5.62. The number of benzene rings is 1. The molecule has 0 heterocycles. The first-order valence-electron chi connectivity index (χ1n) is 6.06. The van der Waals surface area contributed by atoms with E-state index in [1.807, 2.05) is 13.0 Å². The van der Waals surface area contributed by atoms with Gasteiger partial charge in [0, 0.05) is 6.61 Å². The molecule has 0 N–H and O–H groups in total. The van der Waals surface area contributed by atoms with Crippen molar-refractivity contribution in [1.29, 1.82) is 0 Å². The fourth-order valence-electron chi connectivity index (χ4n) is 1.75. The van der Waals surface area contributed by atoms with Crippen LogP contribution in [0.1, 0.15) is 23.6 Å². The Hall–Kier alpha value is -0.730. The van der Waals surface area contributed by atoms with Gasteiger partial charge in [0.15, 0.2) is 0 Å². The van der Waals surface area contributed by atoms with Gasteiger partial charge < -0.3 is 9.47 Å². The largest absolute Gasteiger partial charge is 0.492 e. The van der Waals surface area contributed by atoms with Crippen molar-refractivity contribution in [2.45, 2.75) is 27.2 Å². The summed E-state index contributed by atoms with van der Waals surface area (Å²) in [4.78, 5) is 0. The van der Waals surface area contributed by atoms with Crippen molar-refractivity contribution in [3.05, 3.63) is 28.8 Å². The van der Waals surface area contributed by atoms with E-state index in [-0.39, 0.29) is 0 Å². The molecule has 17 heavy (non-hydrogen) atoms. The lowest BCUT2D eigenvalue weighted by Crippen LogP contribution is -2.04. The van der Waals surface area contributed by atoms with E-state index < -0.39 is 0 Å². The smallest absolute Gasteiger partial charge is 0.122 e. The van der Waals surface area contributed by atoms with E-state index in [4.69, 9.17) is 21.1 Å². The molecule has 0 unspecified atom stereocenters. The minimum atomic E-state index is 0.518. The molecule has 96 valence electrons. The summed E-state index contributed by atoms with van der Waals surface area (Å²) < 4.78 is 11.0. The van der Waals surface area contributed by atoms with Crippen LogP contribution < -0.4 is 4.74 Å². The fourth-order valence-corrected chi connectivity index (χ4v) is 1.83. The summed E-state index contributed by atoms with van der Waals surface area (Å²) in [5.74, 6) is 1.45. The number of hydrogen-bond donors (Lipinski definition) is 0. The van der Waals surface area contributed by atoms with Gasteiger partial charge in [0.25, 0.3) is 0 Å². The summed E-state index contributed by atoms with van der Waals surface area (Å²) in [6.07, 6.45) is 0.955. The average Bonchev–Trinajstić information content (AvgIpc) is 2.34. The minimum absolute atomic E-state index is 0.518. The lowest BCUT2D eigenvalue weighted by Gasteiger charge is -2.14. The third-order valence-corrected chi connectivity index (χ3v) is 3.06. The van der Waals surface area contributed by atoms with Crippen LogP contribution in [0.2, 0.25) is 0 Å². The van der Waals surface area contributed by atoms with Gasteiger partial charge in [0.2, 0.25) is 0 Å². The van der Waals surface area contributed by atoms with Gasteiger partial charge in [-0.05, 0) is 49.9 Å². The molecular formula is C14H21ClO2. The number of rotatable bonds is 7. The van der Waals surface area contributed by atoms with Crippen molar-refractivity contribution in [2.75, 3.05) is 25.7 Å². The molecule has 0 aliphatic carbocycles. The molecule has 1 aromatic carbocycles. The highest BCUT2D eigenvalue weighted by atomic mass is 35.5. The molecule has 2 nitrogen and oxygen atoms in total. The van der Waals surface area contributed by atoms with Crippen LogP contribution >= 0.6 is 11.6 Å². The molecule has 0 amide bonds. The van der Waals surface area contributed by atoms with E-state index in [0.29, 0.717) is 12.5 Å². The van der Waals surface area contributed by atoms with Crippen LogP contribution in [0.5, 0.6) is 5.75 Å². The number of halogens is 1. The maximum absolute atomic E-state index is 5.62. The molecule has 1 rings (SSSR count). The van der Waals surface area contributed by atoms with E-state index >= 15 is 0 Å². The van der Waals surface area contributed by atoms with Crippen LogP contribution in [0.25, 0.3) is 0 Å². The Morgan fingerprint density at radius 3 is 2.53 bits per heavy atom. The first kappa shape index (κ1) is 14.3. The maximum Gasteiger partial charge on any atom is 0.122 e. The van der Waals surface area contributed by atoms with Crippen LogP contribution in [0.3, 0.4) is 0 Å². The molecule has 3 heteroatoms. The standard InChI is InChI=1S/C14H21ClO2/c1-4-16-9-7-13-5-6-14(17-10-8-15)12(3)11(13)2/h5-6H,4,7-10H2,1-3H3. The number of alkyl halides is 1. The quantitative estimate of drug-likeness (QED) is 0.549. The van der Waals surface area contributed by atoms with Crippen LogP contribution in [0, 0.1) is 13.8 Å². The molecule has 0 aliphatic rings. The third kappa shape index (κ3) is 4.21. The van der Waals surface area contributed by atoms with Crippen molar-refractivity contribution >= 4 is 11.6 Å². The molecule has 0 saturated carbocycles. The summed E-state index contributed by atoms with van der Waals surface area (Å²) in [5, 5.41) is 0. The Morgan fingerprint density at radius 2 is 1.88 bits per heavy atom. The average molecular weight is 257 g/mol. The molecule has 0 aliphatic heterocycles. The molecule has 0 fully saturated rings. The van der Waals surface area contributed by atoms with E-state index in [9.17, 15) is 0 Å². The van der Waals surface area contributed by atoms with Crippen molar-refractivity contribution in [3.63, 3.8) is 0 Å². The molecule has 0 aromatic heterocycles. The lowest BCUT2D eigenvalue weighted by molar-refractivity contribution is 0.151. The highest BCUT2D eigenvalue weighted by Gasteiger charge is 2.07. The van der Waals surface area contributed by atoms with Gasteiger partial charge in [0.05, 0.1) is 12.5 Å². The summed E-state index contributed by atoms with van der Waals surface area (Å²) in [7, 11) is 0. The van der Waals surface area contributed by atoms with Gasteiger partial charge in [-0.25, -0.2) is 0 Å². The highest BCUT2D eigenvalue weighted by molar-refractivity contribution is 6.18. The zero-order valence-electron chi connectivity index (χ0n) is 10.9. The zero-order chi connectivity index (χ0) is 12.7. The lowest BCUT2D eigenvalue weighted by atomic mass is 10.0. The first-order chi connectivity index (χ1) is 8.20. The summed E-state index contributed by atoms with van der Waals surface area (Å²) in [6, 6.07) is 4.14. The monoisotopic (exact) mass is 256 g/mol. The van der Waals surface area contributed by atoms with Crippen LogP contribution in [-0.2, 0) is 11.2 Å². The number of ether oxygens (including phenoxy) is 2. The van der Waals surface area contributed by atoms with Crippen LogP contribution in [0.15, 0.2) is 12.1 Å². The van der Waals surface area contributed by atoms with Crippen molar-refractivity contribution < 1.29 is 9.47 Å². The van der Waals surface area contributed by atoms with E-state index in [0.717, 1.165) is 25.4 Å². The molecule has 0 spiro atoms. The topological polar surface area (TPSA) is 18.5 Å². The van der Waals surface area contributed by atoms with Crippen molar-refractivity contribution in [2.24, 2.45) is 0 Å². The summed E-state index contributed by atoms with van der Waals surface area (Å²) in [6.45, 7) is 8.34. The summed E-state index contributed by atoms with van der Waals surface area (Å²) in [5.41, 5.74) is 3.81. The first-order valence-corrected chi connectivity index (χ1v) is 6.59. The Kier molecular flexibility index (Phi) is 6.38. The van der Waals surface area contributed by atoms with Crippen molar-refractivity contribution in [1.82, 2.24) is 0 Å². The van der Waals surface area contributed by atoms with E-state index in [2.05, 4.69) is 19.9 Å². The fraction of sp³-hybridized carbons (Fsp3) is 0.571. The molecular weight excluding hydrogens is 236 g/mol. The van der Waals surface area contributed by atoms with Gasteiger partial charge in [-0.2, -0.15) is 0 Å². The third-order valence-electron chi connectivity index (χ3n) is 2.90. The second-order valence-corrected chi connectivity index (χ2v) is 4.34. The molecule has 1 aromatic rings. The second-order valence-electron chi connectivity index (χ2n) is 3.96. The van der Waals surface area contributed by atoms with Gasteiger partial charge in [0.1, 0.15) is 12.4 Å². The predicted molar refractivity (Wildman–Crippen MR) is 72.3 cm³/mol. The maximum atomic E-state index is 5.62. The molecule has 0 radical (unpaired) electrons. The van der Waals surface area contributed by atoms with Gasteiger partial charge in [-0.15, -0.1) is 11.6 Å². The SMILES string of the molecule is CCOCCc1ccc(OCCCl)c(C)c1C. The van der Waals surface area contributed by atoms with Crippen LogP contribution in [0.4, 0.5) is 0 Å². The second kappa shape index (κ2) is 7.57. The normalized spacial score (nSPS) is 10.6. The zero-order valence-corrected chi connectivity index (χ0v) is 11.6. The van der Waals surface area contributed by atoms with Gasteiger partial charge >= 0.3 is 0 Å². The van der Waals surface area contributed by atoms with Crippen molar-refractivity contribution in [3.8, 4) is 5.75 Å². The number of hydrogen-bond acceptors (Lipinski definition) is 2. The molecule has 0 bridgehead atoms. The van der Waals surface area contributed by atoms with E-state index in [1.54, 1.807) is 0 Å². The Bertz CT molecular complexity index is 350. The molecule has 0 atom stereocenters. The Labute approximate surface area is 109 Å². The highest BCUT2D eigenvalue weighted by Crippen LogP contribution is 2.24. The van der Waals surface area contributed by atoms with Gasteiger partial charge in [-0.1, -0.05) is 6.07 Å². The van der Waals surface area contributed by atoms with Gasteiger partial charge in [-0.3, -0.25) is 0 Å². The van der Waals surface area contributed by atoms with Crippen LogP contribution in [-0.4, -0.2) is 25.7 Å². The Morgan fingerprint density at radius 1 is 1.12 bits per heavy atom.